The fourth-order valence-corrected chi connectivity index (χ4v) is 1.74. The Morgan fingerprint density at radius 3 is 2.69 bits per heavy atom. The van der Waals surface area contributed by atoms with Gasteiger partial charge in [-0.05, 0) is 28.1 Å². The van der Waals surface area contributed by atoms with E-state index in [1.54, 1.807) is 0 Å². The summed E-state index contributed by atoms with van der Waals surface area (Å²) in [5.41, 5.74) is 0.128. The quantitative estimate of drug-likeness (QED) is 0.814. The molecular formula is C8H3BrF3NO2S. The van der Waals surface area contributed by atoms with E-state index < -0.39 is 12.1 Å². The molecule has 0 amide bonds. The van der Waals surface area contributed by atoms with E-state index in [0.29, 0.717) is 4.47 Å². The molecular weight excluding hydrogens is 311 g/mol. The van der Waals surface area contributed by atoms with E-state index in [-0.39, 0.29) is 16.3 Å². The van der Waals surface area contributed by atoms with Crippen molar-refractivity contribution in [1.29, 1.82) is 0 Å². The molecule has 16 heavy (non-hydrogen) atoms. The number of nitrogens with zero attached hydrogens (tertiary/aromatic N) is 1. The highest BCUT2D eigenvalue weighted by Crippen LogP contribution is 2.35. The number of aromatic nitrogens is 1. The molecule has 0 saturated carbocycles. The van der Waals surface area contributed by atoms with Crippen molar-refractivity contribution in [2.75, 3.05) is 0 Å². The zero-order valence-electron chi connectivity index (χ0n) is 7.38. The van der Waals surface area contributed by atoms with Crippen LogP contribution in [0.4, 0.5) is 13.2 Å². The maximum absolute atomic E-state index is 12.1. The summed E-state index contributed by atoms with van der Waals surface area (Å²) in [7, 11) is 0. The van der Waals surface area contributed by atoms with Crippen molar-refractivity contribution in [3.05, 3.63) is 16.6 Å². The van der Waals surface area contributed by atoms with Gasteiger partial charge in [0, 0.05) is 0 Å². The second-order valence-corrected chi connectivity index (χ2v) is 4.00. The lowest BCUT2D eigenvalue weighted by Crippen LogP contribution is -2.17. The molecule has 0 aliphatic rings. The van der Waals surface area contributed by atoms with E-state index in [0.717, 1.165) is 6.07 Å². The molecule has 0 saturated heterocycles. The maximum atomic E-state index is 12.1. The van der Waals surface area contributed by atoms with Gasteiger partial charge in [-0.2, -0.15) is 4.98 Å². The van der Waals surface area contributed by atoms with Crippen molar-refractivity contribution in [3.63, 3.8) is 0 Å². The van der Waals surface area contributed by atoms with E-state index in [2.05, 4.69) is 38.3 Å². The minimum absolute atomic E-state index is 0.0308. The Hall–Kier alpha value is -0.890. The number of rotatable bonds is 1. The van der Waals surface area contributed by atoms with Crippen LogP contribution in [-0.4, -0.2) is 11.3 Å². The van der Waals surface area contributed by atoms with Crippen LogP contribution in [0.1, 0.15) is 0 Å². The number of alkyl halides is 3. The zero-order valence-corrected chi connectivity index (χ0v) is 9.86. The number of oxazole rings is 1. The van der Waals surface area contributed by atoms with Gasteiger partial charge in [0.2, 0.25) is 0 Å². The van der Waals surface area contributed by atoms with Crippen molar-refractivity contribution in [2.24, 2.45) is 0 Å². The number of fused-ring (bicyclic) bond motifs is 1. The Kier molecular flexibility index (Phi) is 2.79. The molecule has 1 heterocycles. The Morgan fingerprint density at radius 1 is 1.38 bits per heavy atom. The minimum atomic E-state index is -4.77. The summed E-state index contributed by atoms with van der Waals surface area (Å²) in [5.74, 6) is -0.422. The second kappa shape index (κ2) is 3.85. The van der Waals surface area contributed by atoms with Crippen molar-refractivity contribution in [3.8, 4) is 5.75 Å². The average Bonchev–Trinajstić information content (AvgIpc) is 2.51. The summed E-state index contributed by atoms with van der Waals surface area (Å²) in [6.07, 6.45) is -4.77. The molecule has 2 rings (SSSR count). The van der Waals surface area contributed by atoms with E-state index >= 15 is 0 Å². The molecule has 86 valence electrons. The third-order valence-electron chi connectivity index (χ3n) is 1.67. The van der Waals surface area contributed by atoms with Crippen LogP contribution in [0.5, 0.6) is 5.75 Å². The molecule has 1 aromatic heterocycles. The third kappa shape index (κ3) is 2.27. The lowest BCUT2D eigenvalue weighted by Gasteiger charge is -2.08. The largest absolute Gasteiger partial charge is 0.573 e. The summed E-state index contributed by atoms with van der Waals surface area (Å²) >= 11 is 6.93. The molecule has 0 fully saturated rings. The first-order valence-corrected chi connectivity index (χ1v) is 5.14. The van der Waals surface area contributed by atoms with Crippen molar-refractivity contribution < 1.29 is 22.3 Å². The smallest absolute Gasteiger partial charge is 0.430 e. The monoisotopic (exact) mass is 313 g/mol. The predicted molar refractivity (Wildman–Crippen MR) is 55.6 cm³/mol. The molecule has 0 bridgehead atoms. The lowest BCUT2D eigenvalue weighted by atomic mass is 10.3. The Labute approximate surface area is 101 Å². The van der Waals surface area contributed by atoms with Gasteiger partial charge in [-0.3, -0.25) is 0 Å². The normalized spacial score (nSPS) is 12.1. The fraction of sp³-hybridized carbons (Fsp3) is 0.125. The molecule has 0 aliphatic carbocycles. The molecule has 0 N–H and O–H groups in total. The van der Waals surface area contributed by atoms with E-state index in [1.807, 2.05) is 0 Å². The second-order valence-electron chi connectivity index (χ2n) is 2.77. The van der Waals surface area contributed by atoms with E-state index in [1.165, 1.54) is 6.07 Å². The van der Waals surface area contributed by atoms with Crippen LogP contribution in [0.15, 0.2) is 26.2 Å². The Bertz CT molecular complexity index is 540. The van der Waals surface area contributed by atoms with Gasteiger partial charge in [0.05, 0.1) is 4.47 Å². The third-order valence-corrected chi connectivity index (χ3v) is 2.49. The summed E-state index contributed by atoms with van der Waals surface area (Å²) in [6.45, 7) is 0. The number of ether oxygens (including phenoxy) is 1. The van der Waals surface area contributed by atoms with E-state index in [4.69, 9.17) is 4.42 Å². The highest BCUT2D eigenvalue weighted by Gasteiger charge is 2.32. The predicted octanol–water partition coefficient (Wildman–Crippen LogP) is 3.78. The number of hydrogen-bond donors (Lipinski definition) is 1. The molecule has 0 spiro atoms. The van der Waals surface area contributed by atoms with Gasteiger partial charge in [-0.25, -0.2) is 0 Å². The number of halogens is 4. The molecule has 0 unspecified atom stereocenters. The van der Waals surface area contributed by atoms with Crippen LogP contribution in [0.2, 0.25) is 0 Å². The fourth-order valence-electron chi connectivity index (χ4n) is 1.15. The number of benzene rings is 1. The van der Waals surface area contributed by atoms with Crippen LogP contribution in [-0.2, 0) is 0 Å². The van der Waals surface area contributed by atoms with Crippen molar-refractivity contribution in [2.45, 2.75) is 11.6 Å². The SMILES string of the molecule is FC(F)(F)Oc1ccc(Br)c2oc(S)nc12. The first-order chi connectivity index (χ1) is 7.37. The minimum Gasteiger partial charge on any atom is -0.430 e. The average molecular weight is 314 g/mol. The number of thiol groups is 1. The molecule has 0 radical (unpaired) electrons. The summed E-state index contributed by atoms with van der Waals surface area (Å²) in [4.78, 5) is 3.70. The van der Waals surface area contributed by atoms with Crippen LogP contribution in [0.3, 0.4) is 0 Å². The van der Waals surface area contributed by atoms with Gasteiger partial charge in [-0.1, -0.05) is 12.6 Å². The first-order valence-electron chi connectivity index (χ1n) is 3.90. The van der Waals surface area contributed by atoms with Crippen LogP contribution >= 0.6 is 28.6 Å². The zero-order chi connectivity index (χ0) is 11.9. The van der Waals surface area contributed by atoms with Crippen LogP contribution in [0.25, 0.3) is 11.1 Å². The number of hydrogen-bond acceptors (Lipinski definition) is 4. The molecule has 2 aromatic rings. The van der Waals surface area contributed by atoms with Gasteiger partial charge < -0.3 is 9.15 Å². The van der Waals surface area contributed by atoms with Gasteiger partial charge in [-0.15, -0.1) is 13.2 Å². The molecule has 1 aromatic carbocycles. The van der Waals surface area contributed by atoms with Gasteiger partial charge in [0.15, 0.2) is 16.8 Å². The molecule has 3 nitrogen and oxygen atoms in total. The summed E-state index contributed by atoms with van der Waals surface area (Å²) in [6, 6.07) is 2.53. The Morgan fingerprint density at radius 2 is 2.06 bits per heavy atom. The topological polar surface area (TPSA) is 35.3 Å². The van der Waals surface area contributed by atoms with Gasteiger partial charge in [0.25, 0.3) is 5.22 Å². The first kappa shape index (κ1) is 11.6. The van der Waals surface area contributed by atoms with Crippen molar-refractivity contribution in [1.82, 2.24) is 4.98 Å². The molecule has 0 atom stereocenters. The standard InChI is InChI=1S/C8H3BrF3NO2S/c9-3-1-2-4(15-8(10,11)12)5-6(3)14-7(16)13-5/h1-2H,(H,13,16). The Balaban J connectivity index is 2.58. The van der Waals surface area contributed by atoms with Gasteiger partial charge in [0.1, 0.15) is 0 Å². The van der Waals surface area contributed by atoms with E-state index in [9.17, 15) is 13.2 Å². The van der Waals surface area contributed by atoms with Crippen LogP contribution in [0, 0.1) is 0 Å². The molecule has 8 heteroatoms. The maximum Gasteiger partial charge on any atom is 0.573 e. The van der Waals surface area contributed by atoms with Crippen LogP contribution < -0.4 is 4.74 Å². The highest BCUT2D eigenvalue weighted by atomic mass is 79.9. The molecule has 0 aliphatic heterocycles. The summed E-state index contributed by atoms with van der Waals surface area (Å²) < 4.78 is 45.5. The lowest BCUT2D eigenvalue weighted by molar-refractivity contribution is -0.274. The van der Waals surface area contributed by atoms with Crippen molar-refractivity contribution >= 4 is 39.7 Å². The summed E-state index contributed by atoms with van der Waals surface area (Å²) in [5, 5.41) is -0.0334. The van der Waals surface area contributed by atoms with Gasteiger partial charge >= 0.3 is 6.36 Å². The highest BCUT2D eigenvalue weighted by molar-refractivity contribution is 9.10.